The molecule has 0 unspecified atom stereocenters. The van der Waals surface area contributed by atoms with Gasteiger partial charge in [0.1, 0.15) is 0 Å². The largest absolute Gasteiger partial charge is 0.416 e. The number of hydrogen-bond acceptors (Lipinski definition) is 2. The van der Waals surface area contributed by atoms with Crippen LogP contribution in [0.3, 0.4) is 0 Å². The molecule has 2 rings (SSSR count). The Morgan fingerprint density at radius 3 is 2.33 bits per heavy atom. The smallest absolute Gasteiger partial charge is 0.343 e. The molecule has 4 nitrogen and oxygen atoms in total. The van der Waals surface area contributed by atoms with Crippen LogP contribution >= 0.6 is 0 Å². The standard InChI is InChI=1S/C20H19F3N2O2/c1-2-15-5-3-4-6-17(15)25-19(27)13-24-18(26)12-9-14-7-10-16(11-8-14)20(21,22)23/h3-12H,2,13H2,1H3,(H,24,26)(H,25,27)/b12-9+. The van der Waals surface area contributed by atoms with Gasteiger partial charge in [0.05, 0.1) is 12.1 Å². The minimum atomic E-state index is -4.40. The van der Waals surface area contributed by atoms with Crippen molar-refractivity contribution in [3.63, 3.8) is 0 Å². The molecule has 0 radical (unpaired) electrons. The number of nitrogens with one attached hydrogen (secondary N) is 2. The Kier molecular flexibility index (Phi) is 6.76. The highest BCUT2D eigenvalue weighted by Crippen LogP contribution is 2.29. The molecule has 0 spiro atoms. The molecule has 0 aliphatic carbocycles. The molecule has 0 aliphatic rings. The van der Waals surface area contributed by atoms with Crippen molar-refractivity contribution >= 4 is 23.6 Å². The number of hydrogen-bond donors (Lipinski definition) is 2. The van der Waals surface area contributed by atoms with Gasteiger partial charge in [0.15, 0.2) is 0 Å². The lowest BCUT2D eigenvalue weighted by Crippen LogP contribution is -2.31. The maximum Gasteiger partial charge on any atom is 0.416 e. The first-order valence-electron chi connectivity index (χ1n) is 8.30. The summed E-state index contributed by atoms with van der Waals surface area (Å²) in [5.74, 6) is -0.888. The Labute approximate surface area is 155 Å². The molecule has 0 saturated carbocycles. The molecule has 0 heterocycles. The summed E-state index contributed by atoms with van der Waals surface area (Å²) < 4.78 is 37.5. The van der Waals surface area contributed by atoms with E-state index in [4.69, 9.17) is 0 Å². The summed E-state index contributed by atoms with van der Waals surface area (Å²) in [4.78, 5) is 23.7. The van der Waals surface area contributed by atoms with Gasteiger partial charge in [-0.3, -0.25) is 9.59 Å². The summed E-state index contributed by atoms with van der Waals surface area (Å²) in [6.45, 7) is 1.76. The summed E-state index contributed by atoms with van der Waals surface area (Å²) in [5, 5.41) is 5.15. The lowest BCUT2D eigenvalue weighted by Gasteiger charge is -2.09. The fraction of sp³-hybridized carbons (Fsp3) is 0.200. The molecule has 0 aliphatic heterocycles. The van der Waals surface area contributed by atoms with E-state index in [-0.39, 0.29) is 12.5 Å². The van der Waals surface area contributed by atoms with Crippen molar-refractivity contribution in [2.45, 2.75) is 19.5 Å². The minimum absolute atomic E-state index is 0.214. The second kappa shape index (κ2) is 9.02. The van der Waals surface area contributed by atoms with E-state index in [1.54, 1.807) is 12.1 Å². The number of halogens is 3. The van der Waals surface area contributed by atoms with Crippen molar-refractivity contribution < 1.29 is 22.8 Å². The number of rotatable bonds is 6. The number of anilines is 1. The van der Waals surface area contributed by atoms with Gasteiger partial charge in [0.25, 0.3) is 0 Å². The molecule has 2 amide bonds. The predicted molar refractivity (Wildman–Crippen MR) is 97.9 cm³/mol. The number of alkyl halides is 3. The molecule has 2 N–H and O–H groups in total. The second-order valence-electron chi connectivity index (χ2n) is 5.73. The van der Waals surface area contributed by atoms with E-state index in [0.717, 1.165) is 30.2 Å². The van der Waals surface area contributed by atoms with Crippen molar-refractivity contribution in [2.75, 3.05) is 11.9 Å². The number of para-hydroxylation sites is 1. The highest BCUT2D eigenvalue weighted by Gasteiger charge is 2.29. The van der Waals surface area contributed by atoms with Crippen molar-refractivity contribution in [3.05, 3.63) is 71.3 Å². The summed E-state index contributed by atoms with van der Waals surface area (Å²) in [7, 11) is 0. The first-order valence-corrected chi connectivity index (χ1v) is 8.30. The van der Waals surface area contributed by atoms with Gasteiger partial charge in [0.2, 0.25) is 11.8 Å². The maximum atomic E-state index is 12.5. The van der Waals surface area contributed by atoms with E-state index in [2.05, 4.69) is 10.6 Å². The Hall–Kier alpha value is -3.09. The fourth-order valence-corrected chi connectivity index (χ4v) is 2.33. The average molecular weight is 376 g/mol. The van der Waals surface area contributed by atoms with Gasteiger partial charge in [-0.2, -0.15) is 13.2 Å². The SMILES string of the molecule is CCc1ccccc1NC(=O)CNC(=O)/C=C/c1ccc(C(F)(F)F)cc1. The molecule has 0 atom stereocenters. The maximum absolute atomic E-state index is 12.5. The average Bonchev–Trinajstić information content (AvgIpc) is 2.64. The summed E-state index contributed by atoms with van der Waals surface area (Å²) >= 11 is 0. The van der Waals surface area contributed by atoms with Crippen LogP contribution in [-0.4, -0.2) is 18.4 Å². The molecule has 7 heteroatoms. The van der Waals surface area contributed by atoms with Crippen LogP contribution in [0.2, 0.25) is 0 Å². The quantitative estimate of drug-likeness (QED) is 0.748. The third-order valence-electron chi connectivity index (χ3n) is 3.76. The highest BCUT2D eigenvalue weighted by atomic mass is 19.4. The topological polar surface area (TPSA) is 58.2 Å². The van der Waals surface area contributed by atoms with Crippen LogP contribution in [0, 0.1) is 0 Å². The zero-order valence-electron chi connectivity index (χ0n) is 14.6. The number of carbonyl (C=O) groups is 2. The van der Waals surface area contributed by atoms with Gasteiger partial charge >= 0.3 is 6.18 Å². The predicted octanol–water partition coefficient (Wildman–Crippen LogP) is 4.04. The first-order chi connectivity index (χ1) is 12.8. The lowest BCUT2D eigenvalue weighted by atomic mass is 10.1. The van der Waals surface area contributed by atoms with Crippen LogP contribution in [0.5, 0.6) is 0 Å². The minimum Gasteiger partial charge on any atom is -0.343 e. The highest BCUT2D eigenvalue weighted by molar-refractivity contribution is 5.98. The summed E-state index contributed by atoms with van der Waals surface area (Å²) in [6.07, 6.45) is -1.10. The molecule has 2 aromatic rings. The molecule has 2 aromatic carbocycles. The number of benzene rings is 2. The Morgan fingerprint density at radius 1 is 1.04 bits per heavy atom. The lowest BCUT2D eigenvalue weighted by molar-refractivity contribution is -0.137. The van der Waals surface area contributed by atoms with Crippen LogP contribution in [0.1, 0.15) is 23.6 Å². The molecule has 0 saturated heterocycles. The van der Waals surface area contributed by atoms with Gasteiger partial charge in [-0.1, -0.05) is 37.3 Å². The number of amides is 2. The summed E-state index contributed by atoms with van der Waals surface area (Å²) in [6, 6.07) is 11.8. The fourth-order valence-electron chi connectivity index (χ4n) is 2.33. The van der Waals surface area contributed by atoms with Crippen molar-refractivity contribution in [1.29, 1.82) is 0 Å². The number of carbonyl (C=O) groups excluding carboxylic acids is 2. The Morgan fingerprint density at radius 2 is 1.70 bits per heavy atom. The molecule has 0 aromatic heterocycles. The van der Waals surface area contributed by atoms with E-state index in [1.807, 2.05) is 19.1 Å². The van der Waals surface area contributed by atoms with E-state index >= 15 is 0 Å². The normalized spacial score (nSPS) is 11.4. The third-order valence-corrected chi connectivity index (χ3v) is 3.76. The number of aryl methyl sites for hydroxylation is 1. The van der Waals surface area contributed by atoms with Gasteiger partial charge in [-0.05, 0) is 41.8 Å². The van der Waals surface area contributed by atoms with Crippen LogP contribution in [-0.2, 0) is 22.2 Å². The van der Waals surface area contributed by atoms with Gasteiger partial charge in [-0.25, -0.2) is 0 Å². The van der Waals surface area contributed by atoms with Crippen LogP contribution in [0.15, 0.2) is 54.6 Å². The van der Waals surface area contributed by atoms with Gasteiger partial charge in [0, 0.05) is 11.8 Å². The van der Waals surface area contributed by atoms with Gasteiger partial charge < -0.3 is 10.6 Å². The van der Waals surface area contributed by atoms with Gasteiger partial charge in [-0.15, -0.1) is 0 Å². The molecular formula is C20H19F3N2O2. The van der Waals surface area contributed by atoms with Crippen molar-refractivity contribution in [3.8, 4) is 0 Å². The zero-order chi connectivity index (χ0) is 19.9. The van der Waals surface area contributed by atoms with Crippen molar-refractivity contribution in [2.24, 2.45) is 0 Å². The molecule has 27 heavy (non-hydrogen) atoms. The van der Waals surface area contributed by atoms with E-state index in [0.29, 0.717) is 11.3 Å². The monoisotopic (exact) mass is 376 g/mol. The van der Waals surface area contributed by atoms with Crippen LogP contribution in [0.4, 0.5) is 18.9 Å². The van der Waals surface area contributed by atoms with Crippen LogP contribution < -0.4 is 10.6 Å². The molecule has 0 fully saturated rings. The second-order valence-corrected chi connectivity index (χ2v) is 5.73. The van der Waals surface area contributed by atoms with Crippen molar-refractivity contribution in [1.82, 2.24) is 5.32 Å². The third kappa shape index (κ3) is 6.29. The summed E-state index contributed by atoms with van der Waals surface area (Å²) in [5.41, 5.74) is 1.37. The Bertz CT molecular complexity index is 828. The van der Waals surface area contributed by atoms with E-state index in [9.17, 15) is 22.8 Å². The van der Waals surface area contributed by atoms with E-state index in [1.165, 1.54) is 18.2 Å². The van der Waals surface area contributed by atoms with Crippen LogP contribution in [0.25, 0.3) is 6.08 Å². The molecular weight excluding hydrogens is 357 g/mol. The molecule has 142 valence electrons. The zero-order valence-corrected chi connectivity index (χ0v) is 14.6. The first kappa shape index (κ1) is 20.2. The Balaban J connectivity index is 1.85. The van der Waals surface area contributed by atoms with E-state index < -0.39 is 17.6 Å². The molecule has 0 bridgehead atoms.